The Balaban J connectivity index is 1.28. The van der Waals surface area contributed by atoms with Gasteiger partial charge in [0, 0.05) is 38.6 Å². The Kier molecular flexibility index (Phi) is 5.86. The zero-order chi connectivity index (χ0) is 16.8. The largest absolute Gasteiger partial charge is 0.355 e. The molecule has 130 valence electrons. The van der Waals surface area contributed by atoms with Gasteiger partial charge in [-0.15, -0.1) is 0 Å². The summed E-state index contributed by atoms with van der Waals surface area (Å²) in [6, 6.07) is 10.3. The molecule has 1 saturated heterocycles. The Hall–Kier alpha value is -1.88. The van der Waals surface area contributed by atoms with Gasteiger partial charge in [-0.3, -0.25) is 14.5 Å². The summed E-state index contributed by atoms with van der Waals surface area (Å²) in [6.07, 6.45) is 4.07. The molecule has 24 heavy (non-hydrogen) atoms. The van der Waals surface area contributed by atoms with E-state index in [1.165, 1.54) is 5.56 Å². The van der Waals surface area contributed by atoms with Crippen LogP contribution in [0.3, 0.4) is 0 Å². The molecule has 2 aliphatic rings. The summed E-state index contributed by atoms with van der Waals surface area (Å²) in [5.74, 6) is 0.703. The fraction of sp³-hybridized carbons (Fsp3) is 0.579. The third-order valence-electron chi connectivity index (χ3n) is 4.78. The second kappa shape index (κ2) is 8.29. The van der Waals surface area contributed by atoms with Gasteiger partial charge in [-0.1, -0.05) is 30.3 Å². The summed E-state index contributed by atoms with van der Waals surface area (Å²) < 4.78 is 0. The van der Waals surface area contributed by atoms with Gasteiger partial charge in [-0.25, -0.2) is 0 Å². The first-order valence-electron chi connectivity index (χ1n) is 9.04. The van der Waals surface area contributed by atoms with Gasteiger partial charge in [0.25, 0.3) is 0 Å². The molecule has 0 unspecified atom stereocenters. The zero-order valence-corrected chi connectivity index (χ0v) is 14.2. The molecule has 1 N–H and O–H groups in total. The van der Waals surface area contributed by atoms with Crippen molar-refractivity contribution in [2.75, 3.05) is 39.3 Å². The van der Waals surface area contributed by atoms with Crippen LogP contribution in [0.2, 0.25) is 0 Å². The highest BCUT2D eigenvalue weighted by Crippen LogP contribution is 2.31. The summed E-state index contributed by atoms with van der Waals surface area (Å²) in [4.78, 5) is 28.1. The molecule has 5 heteroatoms. The summed E-state index contributed by atoms with van der Waals surface area (Å²) in [7, 11) is 0. The number of rotatable bonds is 7. The van der Waals surface area contributed by atoms with E-state index in [4.69, 9.17) is 0 Å². The Morgan fingerprint density at radius 2 is 1.75 bits per heavy atom. The molecule has 1 saturated carbocycles. The van der Waals surface area contributed by atoms with Crippen LogP contribution in [0.1, 0.15) is 24.8 Å². The van der Waals surface area contributed by atoms with Crippen molar-refractivity contribution < 1.29 is 9.59 Å². The van der Waals surface area contributed by atoms with Gasteiger partial charge in [0.05, 0.1) is 6.54 Å². The zero-order valence-electron chi connectivity index (χ0n) is 14.2. The molecular formula is C19H27N3O2. The molecule has 0 spiro atoms. The van der Waals surface area contributed by atoms with E-state index in [1.807, 2.05) is 23.1 Å². The molecule has 0 radical (unpaired) electrons. The number of carbonyl (C=O) groups excluding carboxylic acids is 2. The molecule has 1 aromatic carbocycles. The van der Waals surface area contributed by atoms with Crippen LogP contribution in [0.4, 0.5) is 0 Å². The minimum absolute atomic E-state index is 0.0880. The summed E-state index contributed by atoms with van der Waals surface area (Å²) >= 11 is 0. The second-order valence-corrected chi connectivity index (χ2v) is 6.81. The summed E-state index contributed by atoms with van der Waals surface area (Å²) in [5.41, 5.74) is 1.31. The minimum Gasteiger partial charge on any atom is -0.355 e. The Morgan fingerprint density at radius 1 is 1.04 bits per heavy atom. The van der Waals surface area contributed by atoms with Crippen LogP contribution in [0.15, 0.2) is 30.3 Å². The fourth-order valence-electron chi connectivity index (χ4n) is 3.14. The standard InChI is InChI=1S/C19H27N3O2/c23-18(20-10-4-7-16-5-2-1-3-6-16)15-21-11-13-22(14-12-21)19(24)17-8-9-17/h1-3,5-6,17H,4,7-15H2,(H,20,23). The molecule has 5 nitrogen and oxygen atoms in total. The molecule has 1 aliphatic heterocycles. The number of carbonyl (C=O) groups is 2. The van der Waals surface area contributed by atoms with Gasteiger partial charge in [-0.05, 0) is 31.2 Å². The molecule has 0 bridgehead atoms. The molecule has 2 amide bonds. The van der Waals surface area contributed by atoms with Crippen LogP contribution in [0.5, 0.6) is 0 Å². The van der Waals surface area contributed by atoms with E-state index in [0.717, 1.165) is 51.9 Å². The molecule has 2 fully saturated rings. The van der Waals surface area contributed by atoms with Gasteiger partial charge in [0.2, 0.25) is 11.8 Å². The number of hydrogen-bond donors (Lipinski definition) is 1. The Bertz CT molecular complexity index is 549. The van der Waals surface area contributed by atoms with Crippen molar-refractivity contribution in [1.29, 1.82) is 0 Å². The molecule has 1 heterocycles. The first kappa shape index (κ1) is 17.0. The smallest absolute Gasteiger partial charge is 0.234 e. The maximum Gasteiger partial charge on any atom is 0.234 e. The van der Waals surface area contributed by atoms with E-state index >= 15 is 0 Å². The van der Waals surface area contributed by atoms with Gasteiger partial charge < -0.3 is 10.2 Å². The maximum atomic E-state index is 12.0. The quantitative estimate of drug-likeness (QED) is 0.767. The molecule has 1 aromatic rings. The van der Waals surface area contributed by atoms with Crippen molar-refractivity contribution in [1.82, 2.24) is 15.1 Å². The number of nitrogens with one attached hydrogen (secondary N) is 1. The lowest BCUT2D eigenvalue weighted by Gasteiger charge is -2.34. The van der Waals surface area contributed by atoms with Crippen LogP contribution in [0, 0.1) is 5.92 Å². The number of nitrogens with zero attached hydrogens (tertiary/aromatic N) is 2. The Labute approximate surface area is 144 Å². The topological polar surface area (TPSA) is 52.7 Å². The molecule has 0 atom stereocenters. The number of benzene rings is 1. The number of amides is 2. The lowest BCUT2D eigenvalue weighted by atomic mass is 10.1. The van der Waals surface area contributed by atoms with E-state index in [2.05, 4.69) is 22.3 Å². The van der Waals surface area contributed by atoms with Crippen LogP contribution in [0.25, 0.3) is 0 Å². The highest BCUT2D eigenvalue weighted by molar-refractivity contribution is 5.81. The first-order valence-corrected chi connectivity index (χ1v) is 9.04. The van der Waals surface area contributed by atoms with Gasteiger partial charge in [-0.2, -0.15) is 0 Å². The average Bonchev–Trinajstić information content (AvgIpc) is 3.45. The predicted molar refractivity (Wildman–Crippen MR) is 93.5 cm³/mol. The highest BCUT2D eigenvalue weighted by Gasteiger charge is 2.34. The summed E-state index contributed by atoms with van der Waals surface area (Å²) in [6.45, 7) is 4.28. The van der Waals surface area contributed by atoms with Crippen LogP contribution < -0.4 is 5.32 Å². The lowest BCUT2D eigenvalue weighted by molar-refractivity contribution is -0.134. The van der Waals surface area contributed by atoms with Crippen LogP contribution in [-0.4, -0.2) is 60.9 Å². The number of hydrogen-bond acceptors (Lipinski definition) is 3. The van der Waals surface area contributed by atoms with Crippen LogP contribution in [-0.2, 0) is 16.0 Å². The number of aryl methyl sites for hydroxylation is 1. The summed E-state index contributed by atoms with van der Waals surface area (Å²) in [5, 5.41) is 3.00. The lowest BCUT2D eigenvalue weighted by Crippen LogP contribution is -2.51. The molecular weight excluding hydrogens is 302 g/mol. The first-order chi connectivity index (χ1) is 11.7. The van der Waals surface area contributed by atoms with Crippen molar-refractivity contribution in [3.8, 4) is 0 Å². The molecule has 0 aromatic heterocycles. The SMILES string of the molecule is O=C(CN1CCN(C(=O)C2CC2)CC1)NCCCc1ccccc1. The normalized spacial score (nSPS) is 18.4. The fourth-order valence-corrected chi connectivity index (χ4v) is 3.14. The third kappa shape index (κ3) is 5.06. The van der Waals surface area contributed by atoms with E-state index < -0.39 is 0 Å². The van der Waals surface area contributed by atoms with Gasteiger partial charge >= 0.3 is 0 Å². The van der Waals surface area contributed by atoms with Crippen molar-refractivity contribution in [3.63, 3.8) is 0 Å². The third-order valence-corrected chi connectivity index (χ3v) is 4.78. The van der Waals surface area contributed by atoms with Crippen molar-refractivity contribution in [3.05, 3.63) is 35.9 Å². The second-order valence-electron chi connectivity index (χ2n) is 6.81. The van der Waals surface area contributed by atoms with Crippen molar-refractivity contribution >= 4 is 11.8 Å². The van der Waals surface area contributed by atoms with E-state index in [1.54, 1.807) is 0 Å². The minimum atomic E-state index is 0.0880. The van der Waals surface area contributed by atoms with Gasteiger partial charge in [0.15, 0.2) is 0 Å². The molecule has 1 aliphatic carbocycles. The van der Waals surface area contributed by atoms with Crippen molar-refractivity contribution in [2.24, 2.45) is 5.92 Å². The van der Waals surface area contributed by atoms with E-state index in [-0.39, 0.29) is 5.91 Å². The monoisotopic (exact) mass is 329 g/mol. The number of piperazine rings is 1. The molecule has 3 rings (SSSR count). The average molecular weight is 329 g/mol. The van der Waals surface area contributed by atoms with Crippen LogP contribution >= 0.6 is 0 Å². The van der Waals surface area contributed by atoms with E-state index in [0.29, 0.717) is 24.9 Å². The van der Waals surface area contributed by atoms with E-state index in [9.17, 15) is 9.59 Å². The Morgan fingerprint density at radius 3 is 2.42 bits per heavy atom. The maximum absolute atomic E-state index is 12.0. The predicted octanol–water partition coefficient (Wildman–Crippen LogP) is 1.29. The van der Waals surface area contributed by atoms with Crippen molar-refractivity contribution in [2.45, 2.75) is 25.7 Å². The highest BCUT2D eigenvalue weighted by atomic mass is 16.2. The van der Waals surface area contributed by atoms with Gasteiger partial charge in [0.1, 0.15) is 0 Å².